The van der Waals surface area contributed by atoms with Crippen LogP contribution in [0.3, 0.4) is 0 Å². The van der Waals surface area contributed by atoms with Crippen LogP contribution in [0.2, 0.25) is 0 Å². The van der Waals surface area contributed by atoms with Gasteiger partial charge in [-0.1, -0.05) is 38.1 Å². The van der Waals surface area contributed by atoms with E-state index in [0.29, 0.717) is 16.7 Å². The molecule has 7 heteroatoms. The molecule has 2 N–H and O–H groups in total. The van der Waals surface area contributed by atoms with E-state index >= 15 is 0 Å². The molecule has 2 nitrogen and oxygen atoms in total. The number of aryl methyl sites for hydroxylation is 1. The third kappa shape index (κ3) is 7.02. The van der Waals surface area contributed by atoms with Crippen LogP contribution in [0, 0.1) is 24.1 Å². The maximum Gasteiger partial charge on any atom is 0.237 e. The number of nitrogens with zero attached hydrogens (tertiary/aromatic N) is 1. The van der Waals surface area contributed by atoms with Crippen LogP contribution >= 0.6 is 11.2 Å². The second kappa shape index (κ2) is 10.7. The van der Waals surface area contributed by atoms with E-state index in [-0.39, 0.29) is 6.54 Å². The second-order valence-corrected chi connectivity index (χ2v) is 5.54. The molecule has 0 saturated heterocycles. The number of halogens is 4. The lowest BCUT2D eigenvalue weighted by Gasteiger charge is -2.11. The largest absolute Gasteiger partial charge is 0.318 e. The molecule has 0 saturated carbocycles. The first-order valence-corrected chi connectivity index (χ1v) is 8.48. The van der Waals surface area contributed by atoms with E-state index in [2.05, 4.69) is 5.73 Å². The SMILES string of the molecule is CC.Cc1ccc(-c2cccc(S(F)(F)F)c2)cc1F.N#CCN. The summed E-state index contributed by atoms with van der Waals surface area (Å²) in [5.41, 5.74) is 5.95. The molecule has 132 valence electrons. The Bertz CT molecular complexity index is 679. The summed E-state index contributed by atoms with van der Waals surface area (Å²) < 4.78 is 51.3. The molecular formula is C17H20F4N2S. The summed E-state index contributed by atoms with van der Waals surface area (Å²) in [6.07, 6.45) is 0. The molecule has 24 heavy (non-hydrogen) atoms. The number of benzene rings is 2. The first kappa shape index (κ1) is 22.0. The molecule has 2 rings (SSSR count). The highest BCUT2D eigenvalue weighted by molar-refractivity contribution is 8.20. The lowest BCUT2D eigenvalue weighted by molar-refractivity contribution is 0.619. The number of nitriles is 1. The van der Waals surface area contributed by atoms with Gasteiger partial charge in [0.15, 0.2) is 0 Å². The van der Waals surface area contributed by atoms with Crippen LogP contribution in [-0.2, 0) is 0 Å². The summed E-state index contributed by atoms with van der Waals surface area (Å²) >= 11 is -5.25. The standard InChI is InChI=1S/C13H10F4S.C2H4N2.C2H6/c1-9-5-6-11(8-13(9)14)10-3-2-4-12(7-10)18(15,16)17;3-1-2-4;1-2/h2-8H,1H3;1,3H2;1-2H3. The van der Waals surface area contributed by atoms with Crippen LogP contribution < -0.4 is 5.73 Å². The summed E-state index contributed by atoms with van der Waals surface area (Å²) in [7, 11) is 0. The third-order valence-corrected chi connectivity index (χ3v) is 3.49. The van der Waals surface area contributed by atoms with E-state index in [9.17, 15) is 16.0 Å². The summed E-state index contributed by atoms with van der Waals surface area (Å²) in [6.45, 7) is 5.73. The number of hydrogen-bond donors (Lipinski definition) is 1. The highest BCUT2D eigenvalue weighted by Gasteiger charge is 2.24. The predicted molar refractivity (Wildman–Crippen MR) is 91.8 cm³/mol. The minimum Gasteiger partial charge on any atom is -0.318 e. The van der Waals surface area contributed by atoms with Crippen LogP contribution in [0.4, 0.5) is 16.0 Å². The Labute approximate surface area is 142 Å². The fourth-order valence-corrected chi connectivity index (χ4v) is 2.09. The summed E-state index contributed by atoms with van der Waals surface area (Å²) in [6, 6.07) is 11.1. The third-order valence-electron chi connectivity index (χ3n) is 2.70. The van der Waals surface area contributed by atoms with Crippen molar-refractivity contribution in [2.75, 3.05) is 6.54 Å². The van der Waals surface area contributed by atoms with Gasteiger partial charge in [0.2, 0.25) is 11.2 Å². The molecule has 0 spiro atoms. The van der Waals surface area contributed by atoms with E-state index in [1.807, 2.05) is 13.8 Å². The summed E-state index contributed by atoms with van der Waals surface area (Å²) in [5.74, 6) is -0.419. The summed E-state index contributed by atoms with van der Waals surface area (Å²) in [4.78, 5) is -0.652. The normalized spacial score (nSPS) is 10.5. The molecule has 0 aliphatic rings. The molecular weight excluding hydrogens is 340 g/mol. The molecule has 0 aliphatic carbocycles. The quantitative estimate of drug-likeness (QED) is 0.518. The van der Waals surface area contributed by atoms with Crippen molar-refractivity contribution in [2.24, 2.45) is 5.73 Å². The van der Waals surface area contributed by atoms with Gasteiger partial charge in [0.1, 0.15) is 5.82 Å². The van der Waals surface area contributed by atoms with Crippen molar-refractivity contribution >= 4 is 11.2 Å². The molecule has 0 aromatic heterocycles. The topological polar surface area (TPSA) is 49.8 Å². The van der Waals surface area contributed by atoms with Crippen LogP contribution in [0.15, 0.2) is 47.4 Å². The van der Waals surface area contributed by atoms with E-state index in [0.717, 1.165) is 12.1 Å². The average molecular weight is 360 g/mol. The highest BCUT2D eigenvalue weighted by atomic mass is 32.3. The maximum absolute atomic E-state index is 13.4. The van der Waals surface area contributed by atoms with Gasteiger partial charge in [0, 0.05) is 0 Å². The molecule has 0 fully saturated rings. The first-order valence-electron chi connectivity index (χ1n) is 7.15. The Balaban J connectivity index is 0.000000773. The summed E-state index contributed by atoms with van der Waals surface area (Å²) in [5, 5.41) is 7.50. The van der Waals surface area contributed by atoms with Crippen molar-refractivity contribution in [3.05, 3.63) is 53.8 Å². The highest BCUT2D eigenvalue weighted by Crippen LogP contribution is 2.60. The smallest absolute Gasteiger partial charge is 0.237 e. The number of nitrogens with two attached hydrogens (primary N) is 1. The van der Waals surface area contributed by atoms with Gasteiger partial charge in [-0.2, -0.15) is 5.26 Å². The lowest BCUT2D eigenvalue weighted by Crippen LogP contribution is -1.91. The molecule has 0 aliphatic heterocycles. The zero-order valence-corrected chi connectivity index (χ0v) is 14.5. The molecule has 2 aromatic rings. The predicted octanol–water partition coefficient (Wildman–Crippen LogP) is 6.11. The molecule has 0 bridgehead atoms. The number of hydrogen-bond acceptors (Lipinski definition) is 2. The van der Waals surface area contributed by atoms with Crippen molar-refractivity contribution in [1.29, 1.82) is 5.26 Å². The van der Waals surface area contributed by atoms with E-state index < -0.39 is 21.9 Å². The van der Waals surface area contributed by atoms with Gasteiger partial charge in [-0.05, 0) is 41.8 Å². The van der Waals surface area contributed by atoms with Crippen LogP contribution in [0.1, 0.15) is 19.4 Å². The van der Waals surface area contributed by atoms with Gasteiger partial charge in [0.05, 0.1) is 17.5 Å². The molecule has 0 radical (unpaired) electrons. The number of rotatable bonds is 2. The fraction of sp³-hybridized carbons (Fsp3) is 0.235. The van der Waals surface area contributed by atoms with Gasteiger partial charge in [-0.15, -0.1) is 11.7 Å². The van der Waals surface area contributed by atoms with Crippen LogP contribution in [-0.4, -0.2) is 6.54 Å². The van der Waals surface area contributed by atoms with Crippen molar-refractivity contribution in [2.45, 2.75) is 25.7 Å². The van der Waals surface area contributed by atoms with Crippen LogP contribution in [0.5, 0.6) is 0 Å². The molecule has 0 unspecified atom stereocenters. The van der Waals surface area contributed by atoms with Crippen molar-refractivity contribution < 1.29 is 16.0 Å². The van der Waals surface area contributed by atoms with E-state index in [1.54, 1.807) is 31.2 Å². The molecule has 0 heterocycles. The van der Waals surface area contributed by atoms with E-state index in [1.165, 1.54) is 12.1 Å². The van der Waals surface area contributed by atoms with Gasteiger partial charge >= 0.3 is 0 Å². The van der Waals surface area contributed by atoms with Crippen molar-refractivity contribution in [3.8, 4) is 17.2 Å². The average Bonchev–Trinajstić information content (AvgIpc) is 2.59. The minimum atomic E-state index is -5.25. The Morgan fingerprint density at radius 1 is 1.04 bits per heavy atom. The van der Waals surface area contributed by atoms with Gasteiger partial charge in [-0.25, -0.2) is 4.39 Å². The Morgan fingerprint density at radius 2 is 1.58 bits per heavy atom. The zero-order chi connectivity index (χ0) is 18.8. The Morgan fingerprint density at radius 3 is 2.04 bits per heavy atom. The van der Waals surface area contributed by atoms with E-state index in [4.69, 9.17) is 5.26 Å². The monoisotopic (exact) mass is 360 g/mol. The van der Waals surface area contributed by atoms with Gasteiger partial charge < -0.3 is 5.73 Å². The minimum absolute atomic E-state index is 0.125. The van der Waals surface area contributed by atoms with Crippen LogP contribution in [0.25, 0.3) is 11.1 Å². The molecule has 0 amide bonds. The van der Waals surface area contributed by atoms with Gasteiger partial charge in [-0.3, -0.25) is 0 Å². The molecule has 0 atom stereocenters. The Hall–Kier alpha value is -2.04. The lowest BCUT2D eigenvalue weighted by atomic mass is 10.0. The maximum atomic E-state index is 13.4. The first-order chi connectivity index (χ1) is 11.3. The second-order valence-electron chi connectivity index (χ2n) is 4.26. The zero-order valence-electron chi connectivity index (χ0n) is 13.7. The fourth-order valence-electron chi connectivity index (χ4n) is 1.59. The van der Waals surface area contributed by atoms with Gasteiger partial charge in [0.25, 0.3) is 0 Å². The van der Waals surface area contributed by atoms with Crippen molar-refractivity contribution in [1.82, 2.24) is 0 Å². The Kier molecular flexibility index (Phi) is 9.77. The molecule has 2 aromatic carbocycles. The van der Waals surface area contributed by atoms with Crippen molar-refractivity contribution in [3.63, 3.8) is 0 Å².